The van der Waals surface area contributed by atoms with E-state index in [0.717, 1.165) is 25.0 Å². The number of benzene rings is 1. The maximum Gasteiger partial charge on any atom is 0.416 e. The fraction of sp³-hybridized carbons (Fsp3) is 0.500. The quantitative estimate of drug-likeness (QED) is 0.846. The average molecular weight is 274 g/mol. The molecule has 0 saturated carbocycles. The summed E-state index contributed by atoms with van der Waals surface area (Å²) in [5.74, 6) is -1.43. The van der Waals surface area contributed by atoms with E-state index in [1.807, 2.05) is 6.92 Å². The molecule has 5 heteroatoms. The van der Waals surface area contributed by atoms with E-state index in [2.05, 4.69) is 0 Å². The molecule has 0 saturated heterocycles. The molecule has 2 nitrogen and oxygen atoms in total. The van der Waals surface area contributed by atoms with Gasteiger partial charge in [-0.05, 0) is 30.5 Å². The molecule has 1 rings (SSSR count). The van der Waals surface area contributed by atoms with Crippen molar-refractivity contribution in [2.75, 3.05) is 0 Å². The molecule has 1 atom stereocenters. The van der Waals surface area contributed by atoms with Crippen LogP contribution in [-0.2, 0) is 17.4 Å². The van der Waals surface area contributed by atoms with Gasteiger partial charge in [-0.1, -0.05) is 31.9 Å². The van der Waals surface area contributed by atoms with Gasteiger partial charge in [0.1, 0.15) is 0 Å². The lowest BCUT2D eigenvalue weighted by molar-refractivity contribution is -0.142. The number of alkyl halides is 3. The van der Waals surface area contributed by atoms with Crippen LogP contribution in [0.2, 0.25) is 0 Å². The first-order valence-electron chi connectivity index (χ1n) is 6.23. The van der Waals surface area contributed by atoms with E-state index in [-0.39, 0.29) is 6.42 Å². The van der Waals surface area contributed by atoms with E-state index < -0.39 is 23.6 Å². The Morgan fingerprint density at radius 2 is 1.84 bits per heavy atom. The van der Waals surface area contributed by atoms with Crippen LogP contribution in [-0.4, -0.2) is 11.1 Å². The summed E-state index contributed by atoms with van der Waals surface area (Å²) >= 11 is 0. The predicted molar refractivity (Wildman–Crippen MR) is 65.8 cm³/mol. The highest BCUT2D eigenvalue weighted by Crippen LogP contribution is 2.29. The van der Waals surface area contributed by atoms with Crippen LogP contribution in [0.1, 0.15) is 37.3 Å². The number of carboxylic acid groups (broad SMARTS) is 1. The Hall–Kier alpha value is -1.52. The van der Waals surface area contributed by atoms with Crippen molar-refractivity contribution in [3.63, 3.8) is 0 Å². The predicted octanol–water partition coefficient (Wildman–Crippen LogP) is 4.14. The number of unbranched alkanes of at least 4 members (excludes halogenated alkanes) is 1. The number of rotatable bonds is 6. The van der Waals surface area contributed by atoms with Crippen molar-refractivity contribution in [2.24, 2.45) is 5.92 Å². The Balaban J connectivity index is 2.72. The van der Waals surface area contributed by atoms with Crippen LogP contribution in [0.25, 0.3) is 0 Å². The van der Waals surface area contributed by atoms with E-state index in [0.29, 0.717) is 12.0 Å². The van der Waals surface area contributed by atoms with Gasteiger partial charge >= 0.3 is 12.1 Å². The Morgan fingerprint density at radius 1 is 1.26 bits per heavy atom. The third-order valence-corrected chi connectivity index (χ3v) is 3.02. The fourth-order valence-electron chi connectivity index (χ4n) is 1.88. The standard InChI is InChI=1S/C14H17F3O2/c1-2-3-4-11(13(18)19)9-10-5-7-12(8-6-10)14(15,16)17/h5-8,11H,2-4,9H2,1H3,(H,18,19)/t11-/m1/s1. The molecular weight excluding hydrogens is 257 g/mol. The van der Waals surface area contributed by atoms with Gasteiger partial charge in [0.05, 0.1) is 11.5 Å². The molecule has 0 amide bonds. The van der Waals surface area contributed by atoms with E-state index in [9.17, 15) is 18.0 Å². The molecule has 0 aromatic heterocycles. The van der Waals surface area contributed by atoms with Crippen molar-refractivity contribution in [1.29, 1.82) is 0 Å². The molecule has 0 aliphatic heterocycles. The van der Waals surface area contributed by atoms with Gasteiger partial charge in [0, 0.05) is 0 Å². The van der Waals surface area contributed by atoms with Crippen molar-refractivity contribution in [3.8, 4) is 0 Å². The Kier molecular flexibility index (Phi) is 5.39. The van der Waals surface area contributed by atoms with Crippen LogP contribution in [0.15, 0.2) is 24.3 Å². The molecule has 106 valence electrons. The molecule has 19 heavy (non-hydrogen) atoms. The molecule has 0 fully saturated rings. The van der Waals surface area contributed by atoms with Gasteiger partial charge in [0.25, 0.3) is 0 Å². The summed E-state index contributed by atoms with van der Waals surface area (Å²) < 4.78 is 37.1. The molecule has 1 N–H and O–H groups in total. The molecular formula is C14H17F3O2. The SMILES string of the molecule is CCCC[C@H](Cc1ccc(C(F)(F)F)cc1)C(=O)O. The van der Waals surface area contributed by atoms with Crippen molar-refractivity contribution in [2.45, 2.75) is 38.8 Å². The van der Waals surface area contributed by atoms with Crippen molar-refractivity contribution < 1.29 is 23.1 Å². The third-order valence-electron chi connectivity index (χ3n) is 3.02. The number of halogens is 3. The summed E-state index contributed by atoms with van der Waals surface area (Å²) in [4.78, 5) is 11.1. The van der Waals surface area contributed by atoms with E-state index in [4.69, 9.17) is 5.11 Å². The van der Waals surface area contributed by atoms with Gasteiger partial charge in [-0.25, -0.2) is 0 Å². The normalized spacial score (nSPS) is 13.3. The van der Waals surface area contributed by atoms with Gasteiger partial charge in [-0.15, -0.1) is 0 Å². The van der Waals surface area contributed by atoms with E-state index in [1.54, 1.807) is 0 Å². The van der Waals surface area contributed by atoms with Crippen LogP contribution in [0, 0.1) is 5.92 Å². The number of hydrogen-bond donors (Lipinski definition) is 1. The van der Waals surface area contributed by atoms with Crippen LogP contribution in [0.4, 0.5) is 13.2 Å². The Morgan fingerprint density at radius 3 is 2.26 bits per heavy atom. The molecule has 0 aliphatic carbocycles. The second-order valence-corrected chi connectivity index (χ2v) is 4.58. The largest absolute Gasteiger partial charge is 0.481 e. The number of hydrogen-bond acceptors (Lipinski definition) is 1. The molecule has 0 radical (unpaired) electrons. The van der Waals surface area contributed by atoms with Gasteiger partial charge in [0.15, 0.2) is 0 Å². The summed E-state index contributed by atoms with van der Waals surface area (Å²) in [6.45, 7) is 1.97. The summed E-state index contributed by atoms with van der Waals surface area (Å²) in [7, 11) is 0. The highest BCUT2D eigenvalue weighted by molar-refractivity contribution is 5.70. The lowest BCUT2D eigenvalue weighted by atomic mass is 9.94. The topological polar surface area (TPSA) is 37.3 Å². The minimum Gasteiger partial charge on any atom is -0.481 e. The second-order valence-electron chi connectivity index (χ2n) is 4.58. The zero-order valence-corrected chi connectivity index (χ0v) is 10.7. The van der Waals surface area contributed by atoms with Gasteiger partial charge in [-0.3, -0.25) is 4.79 Å². The van der Waals surface area contributed by atoms with Gasteiger partial charge in [0.2, 0.25) is 0 Å². The van der Waals surface area contributed by atoms with Gasteiger partial charge < -0.3 is 5.11 Å². The van der Waals surface area contributed by atoms with Crippen molar-refractivity contribution in [1.82, 2.24) is 0 Å². The first-order valence-corrected chi connectivity index (χ1v) is 6.23. The minimum atomic E-state index is -4.35. The number of carbonyl (C=O) groups is 1. The molecule has 0 aliphatic rings. The minimum absolute atomic E-state index is 0.271. The Bertz CT molecular complexity index is 410. The monoisotopic (exact) mass is 274 g/mol. The zero-order valence-electron chi connectivity index (χ0n) is 10.7. The Labute approximate surface area is 110 Å². The van der Waals surface area contributed by atoms with Crippen molar-refractivity contribution >= 4 is 5.97 Å². The molecule has 0 unspecified atom stereocenters. The lowest BCUT2D eigenvalue weighted by Crippen LogP contribution is -2.16. The van der Waals surface area contributed by atoms with Crippen LogP contribution in [0.3, 0.4) is 0 Å². The fourth-order valence-corrected chi connectivity index (χ4v) is 1.88. The number of carboxylic acids is 1. The molecule has 0 heterocycles. The average Bonchev–Trinajstić information content (AvgIpc) is 2.33. The highest BCUT2D eigenvalue weighted by atomic mass is 19.4. The lowest BCUT2D eigenvalue weighted by Gasteiger charge is -2.12. The maximum atomic E-state index is 12.4. The van der Waals surface area contributed by atoms with Crippen molar-refractivity contribution in [3.05, 3.63) is 35.4 Å². The second kappa shape index (κ2) is 6.59. The highest BCUT2D eigenvalue weighted by Gasteiger charge is 2.30. The smallest absolute Gasteiger partial charge is 0.416 e. The summed E-state index contributed by atoms with van der Waals surface area (Å²) in [5.41, 5.74) is -0.0896. The zero-order chi connectivity index (χ0) is 14.5. The van der Waals surface area contributed by atoms with Crippen LogP contribution in [0.5, 0.6) is 0 Å². The molecule has 0 spiro atoms. The summed E-state index contributed by atoms with van der Waals surface area (Å²) in [6.07, 6.45) is -1.83. The maximum absolute atomic E-state index is 12.4. The molecule has 0 bridgehead atoms. The van der Waals surface area contributed by atoms with Crippen LogP contribution >= 0.6 is 0 Å². The van der Waals surface area contributed by atoms with Crippen LogP contribution < -0.4 is 0 Å². The number of aliphatic carboxylic acids is 1. The first kappa shape index (κ1) is 15.5. The van der Waals surface area contributed by atoms with E-state index in [1.165, 1.54) is 12.1 Å². The molecule has 1 aromatic rings. The van der Waals surface area contributed by atoms with Gasteiger partial charge in [-0.2, -0.15) is 13.2 Å². The molecule has 1 aromatic carbocycles. The van der Waals surface area contributed by atoms with E-state index >= 15 is 0 Å². The third kappa shape index (κ3) is 4.93. The summed E-state index contributed by atoms with van der Waals surface area (Å²) in [5, 5.41) is 9.07. The first-order chi connectivity index (χ1) is 8.84. The summed E-state index contributed by atoms with van der Waals surface area (Å²) in [6, 6.07) is 4.69.